The Morgan fingerprint density at radius 3 is 2.42 bits per heavy atom. The summed E-state index contributed by atoms with van der Waals surface area (Å²) in [6.07, 6.45) is 0. The number of rotatable bonds is 3. The van der Waals surface area contributed by atoms with Crippen LogP contribution in [0.2, 0.25) is 0 Å². The fourth-order valence-electron chi connectivity index (χ4n) is 0.709. The molecule has 0 saturated heterocycles. The van der Waals surface area contributed by atoms with E-state index in [1.807, 2.05) is 0 Å². The molecule has 0 amide bonds. The Kier molecular flexibility index (Phi) is 3.07. The average molecular weight is 185 g/mol. The number of hydrogen-bond acceptors (Lipinski definition) is 2. The molecule has 1 aromatic carbocycles. The summed E-state index contributed by atoms with van der Waals surface area (Å²) in [5.41, 5.74) is 6.94. The normalized spacial score (nSPS) is 12.4. The van der Waals surface area contributed by atoms with E-state index in [9.17, 15) is 4.21 Å². The summed E-state index contributed by atoms with van der Waals surface area (Å²) in [5.74, 6) is 0. The van der Waals surface area contributed by atoms with E-state index in [4.69, 9.17) is 5.73 Å². The molecule has 1 aromatic rings. The van der Waals surface area contributed by atoms with E-state index in [0.29, 0.717) is 5.69 Å². The van der Waals surface area contributed by atoms with E-state index in [-0.39, 0.29) is 0 Å². The van der Waals surface area contributed by atoms with E-state index in [1.165, 1.54) is 0 Å². The molecule has 66 valence electrons. The van der Waals surface area contributed by atoms with Crippen molar-refractivity contribution in [3.05, 3.63) is 24.3 Å². The highest BCUT2D eigenvalue weighted by molar-refractivity contribution is 7.84. The average Bonchev–Trinajstić information content (AvgIpc) is 2.09. The van der Waals surface area contributed by atoms with E-state index in [1.54, 1.807) is 31.3 Å². The Hall–Kier alpha value is -1.07. The second-order valence-electron chi connectivity index (χ2n) is 2.20. The summed E-state index contributed by atoms with van der Waals surface area (Å²) < 4.78 is 16.2. The maximum Gasteiger partial charge on any atom is 0.193 e. The minimum Gasteiger partial charge on any atom is -0.399 e. The SMILES string of the molecule is CNS(=O)Nc1ccc(N)cc1. The topological polar surface area (TPSA) is 67.2 Å². The van der Waals surface area contributed by atoms with Crippen molar-refractivity contribution in [3.63, 3.8) is 0 Å². The molecular formula is C7H11N3OS. The smallest absolute Gasteiger partial charge is 0.193 e. The zero-order valence-electron chi connectivity index (χ0n) is 6.70. The van der Waals surface area contributed by atoms with Crippen LogP contribution < -0.4 is 15.2 Å². The monoisotopic (exact) mass is 185 g/mol. The van der Waals surface area contributed by atoms with Gasteiger partial charge in [0.2, 0.25) is 0 Å². The van der Waals surface area contributed by atoms with Gasteiger partial charge in [-0.3, -0.25) is 4.72 Å². The molecule has 1 atom stereocenters. The third-order valence-electron chi connectivity index (χ3n) is 1.31. The van der Waals surface area contributed by atoms with Gasteiger partial charge in [0.1, 0.15) is 0 Å². The number of benzene rings is 1. The van der Waals surface area contributed by atoms with Crippen LogP contribution in [0.4, 0.5) is 11.4 Å². The predicted octanol–water partition coefficient (Wildman–Crippen LogP) is 0.479. The fourth-order valence-corrected chi connectivity index (χ4v) is 1.16. The number of nitrogens with one attached hydrogen (secondary N) is 2. The third kappa shape index (κ3) is 2.52. The first-order valence-corrected chi connectivity index (χ1v) is 4.58. The van der Waals surface area contributed by atoms with Crippen molar-refractivity contribution in [2.75, 3.05) is 17.5 Å². The van der Waals surface area contributed by atoms with Gasteiger partial charge in [0.05, 0.1) is 0 Å². The first-order chi connectivity index (χ1) is 5.72. The standard InChI is InChI=1S/C7H11N3OS/c1-9-12(11)10-7-4-2-6(8)3-5-7/h2-5,9-10H,8H2,1H3. The molecule has 4 N–H and O–H groups in total. The van der Waals surface area contributed by atoms with Gasteiger partial charge in [-0.1, -0.05) is 0 Å². The zero-order chi connectivity index (χ0) is 8.97. The Morgan fingerprint density at radius 1 is 1.33 bits per heavy atom. The van der Waals surface area contributed by atoms with Crippen LogP contribution in [0.15, 0.2) is 24.3 Å². The highest BCUT2D eigenvalue weighted by atomic mass is 32.2. The summed E-state index contributed by atoms with van der Waals surface area (Å²) in [6.45, 7) is 0. The molecule has 0 radical (unpaired) electrons. The van der Waals surface area contributed by atoms with E-state index < -0.39 is 11.2 Å². The van der Waals surface area contributed by atoms with Crippen LogP contribution in [-0.2, 0) is 11.2 Å². The van der Waals surface area contributed by atoms with Crippen LogP contribution in [0, 0.1) is 0 Å². The van der Waals surface area contributed by atoms with Crippen molar-refractivity contribution in [2.24, 2.45) is 0 Å². The molecule has 0 aliphatic rings. The quantitative estimate of drug-likeness (QED) is 0.599. The lowest BCUT2D eigenvalue weighted by atomic mass is 10.3. The molecule has 0 aliphatic heterocycles. The molecule has 1 rings (SSSR count). The predicted molar refractivity (Wildman–Crippen MR) is 51.7 cm³/mol. The summed E-state index contributed by atoms with van der Waals surface area (Å²) >= 11 is -1.23. The number of hydrogen-bond donors (Lipinski definition) is 3. The van der Waals surface area contributed by atoms with Crippen molar-refractivity contribution in [2.45, 2.75) is 0 Å². The zero-order valence-corrected chi connectivity index (χ0v) is 7.52. The Morgan fingerprint density at radius 2 is 1.92 bits per heavy atom. The number of nitrogen functional groups attached to an aromatic ring is 1. The maximum absolute atomic E-state index is 10.9. The molecule has 0 saturated carbocycles. The van der Waals surface area contributed by atoms with E-state index >= 15 is 0 Å². The molecule has 0 spiro atoms. The lowest BCUT2D eigenvalue weighted by molar-refractivity contribution is 0.681. The molecule has 1 unspecified atom stereocenters. The number of anilines is 2. The highest BCUT2D eigenvalue weighted by Gasteiger charge is 1.94. The molecule has 4 nitrogen and oxygen atoms in total. The minimum absolute atomic E-state index is 0.691. The number of nitrogens with two attached hydrogens (primary N) is 1. The van der Waals surface area contributed by atoms with Crippen molar-refractivity contribution in [3.8, 4) is 0 Å². The first kappa shape index (κ1) is 9.02. The van der Waals surface area contributed by atoms with Crippen LogP contribution in [-0.4, -0.2) is 11.3 Å². The van der Waals surface area contributed by atoms with Gasteiger partial charge in [-0.25, -0.2) is 8.93 Å². The van der Waals surface area contributed by atoms with Gasteiger partial charge < -0.3 is 5.73 Å². The van der Waals surface area contributed by atoms with Crippen LogP contribution in [0.1, 0.15) is 0 Å². The fraction of sp³-hybridized carbons (Fsp3) is 0.143. The molecule has 5 heteroatoms. The van der Waals surface area contributed by atoms with Gasteiger partial charge in [0.25, 0.3) is 0 Å². The highest BCUT2D eigenvalue weighted by Crippen LogP contribution is 2.10. The van der Waals surface area contributed by atoms with Crippen molar-refractivity contribution in [1.82, 2.24) is 4.72 Å². The van der Waals surface area contributed by atoms with Crippen LogP contribution >= 0.6 is 0 Å². The first-order valence-electron chi connectivity index (χ1n) is 3.43. The minimum atomic E-state index is -1.23. The third-order valence-corrected chi connectivity index (χ3v) is 2.10. The van der Waals surface area contributed by atoms with E-state index in [0.717, 1.165) is 5.69 Å². The maximum atomic E-state index is 10.9. The molecule has 0 bridgehead atoms. The summed E-state index contributed by atoms with van der Waals surface area (Å²) in [6, 6.07) is 7.03. The Bertz CT molecular complexity index is 272. The van der Waals surface area contributed by atoms with Crippen LogP contribution in [0.3, 0.4) is 0 Å². The molecule has 12 heavy (non-hydrogen) atoms. The molecule has 0 aliphatic carbocycles. The largest absolute Gasteiger partial charge is 0.399 e. The van der Waals surface area contributed by atoms with Crippen molar-refractivity contribution < 1.29 is 4.21 Å². The molecule has 0 aromatic heterocycles. The van der Waals surface area contributed by atoms with Gasteiger partial charge in [-0.05, 0) is 31.3 Å². The molecule has 0 fully saturated rings. The second kappa shape index (κ2) is 4.08. The summed E-state index contributed by atoms with van der Waals surface area (Å²) in [7, 11) is 1.61. The van der Waals surface area contributed by atoms with Gasteiger partial charge >= 0.3 is 0 Å². The molecule has 0 heterocycles. The van der Waals surface area contributed by atoms with Gasteiger partial charge in [-0.15, -0.1) is 0 Å². The summed E-state index contributed by atoms with van der Waals surface area (Å²) in [4.78, 5) is 0. The Labute approximate surface area is 73.9 Å². The second-order valence-corrected chi connectivity index (χ2v) is 3.35. The van der Waals surface area contributed by atoms with Crippen molar-refractivity contribution in [1.29, 1.82) is 0 Å². The van der Waals surface area contributed by atoms with Gasteiger partial charge in [-0.2, -0.15) is 0 Å². The lowest BCUT2D eigenvalue weighted by Gasteiger charge is -2.03. The van der Waals surface area contributed by atoms with Crippen LogP contribution in [0.25, 0.3) is 0 Å². The van der Waals surface area contributed by atoms with Gasteiger partial charge in [0.15, 0.2) is 11.2 Å². The van der Waals surface area contributed by atoms with Crippen molar-refractivity contribution >= 4 is 22.5 Å². The van der Waals surface area contributed by atoms with E-state index in [2.05, 4.69) is 9.44 Å². The van der Waals surface area contributed by atoms with Crippen LogP contribution in [0.5, 0.6) is 0 Å². The lowest BCUT2D eigenvalue weighted by Crippen LogP contribution is -2.18. The van der Waals surface area contributed by atoms with Gasteiger partial charge in [0, 0.05) is 11.4 Å². The molecular weight excluding hydrogens is 174 g/mol. The Balaban J connectivity index is 2.64. The summed E-state index contributed by atoms with van der Waals surface area (Å²) in [5, 5.41) is 0.